The van der Waals surface area contributed by atoms with Gasteiger partial charge >= 0.3 is 0 Å². The fourth-order valence-electron chi connectivity index (χ4n) is 2.54. The second-order valence-electron chi connectivity index (χ2n) is 5.06. The van der Waals surface area contributed by atoms with Crippen LogP contribution in [-0.4, -0.2) is 11.8 Å². The molecule has 0 heterocycles. The Kier molecular flexibility index (Phi) is 8.67. The molecule has 1 fully saturated rings. The van der Waals surface area contributed by atoms with Crippen LogP contribution < -0.4 is 0 Å². The van der Waals surface area contributed by atoms with Crippen molar-refractivity contribution in [1.29, 1.82) is 0 Å². The molecule has 0 aromatic carbocycles. The van der Waals surface area contributed by atoms with Gasteiger partial charge in [0.25, 0.3) is 0 Å². The summed E-state index contributed by atoms with van der Waals surface area (Å²) in [6, 6.07) is 0. The molecule has 0 aliphatic heterocycles. The SMILES string of the molecule is CCCPC1CCCCCCCCCC1. The Bertz CT molecular complexity index is 121. The summed E-state index contributed by atoms with van der Waals surface area (Å²) in [5, 5.41) is 0. The van der Waals surface area contributed by atoms with E-state index in [-0.39, 0.29) is 0 Å². The monoisotopic (exact) mass is 228 g/mol. The minimum atomic E-state index is 1.10. The fraction of sp³-hybridized carbons (Fsp3) is 1.00. The summed E-state index contributed by atoms with van der Waals surface area (Å²) in [5.41, 5.74) is 1.10. The van der Waals surface area contributed by atoms with Crippen molar-refractivity contribution < 1.29 is 0 Å². The van der Waals surface area contributed by atoms with Crippen LogP contribution in [0.3, 0.4) is 0 Å². The van der Waals surface area contributed by atoms with Crippen molar-refractivity contribution >= 4 is 8.58 Å². The number of hydrogen-bond donors (Lipinski definition) is 0. The van der Waals surface area contributed by atoms with E-state index < -0.39 is 0 Å². The number of hydrogen-bond acceptors (Lipinski definition) is 0. The molecule has 0 saturated heterocycles. The minimum Gasteiger partial charge on any atom is -0.119 e. The molecule has 0 N–H and O–H groups in total. The normalized spacial score (nSPS) is 23.0. The first kappa shape index (κ1) is 13.5. The van der Waals surface area contributed by atoms with E-state index in [4.69, 9.17) is 0 Å². The highest BCUT2D eigenvalue weighted by Gasteiger charge is 2.08. The molecule has 15 heavy (non-hydrogen) atoms. The van der Waals surface area contributed by atoms with E-state index in [2.05, 4.69) is 6.92 Å². The summed E-state index contributed by atoms with van der Waals surface area (Å²) in [6.45, 7) is 2.33. The topological polar surface area (TPSA) is 0 Å². The third-order valence-corrected chi connectivity index (χ3v) is 5.48. The second kappa shape index (κ2) is 9.64. The molecule has 1 saturated carbocycles. The standard InChI is InChI=1S/C14H29P/c1-2-13-15-14-11-9-7-5-3-4-6-8-10-12-14/h14-15H,2-13H2,1H3. The first-order chi connectivity index (χ1) is 7.43. The van der Waals surface area contributed by atoms with Crippen molar-refractivity contribution in [3.63, 3.8) is 0 Å². The lowest BCUT2D eigenvalue weighted by atomic mass is 10.1. The Labute approximate surface area is 98.4 Å². The Balaban J connectivity index is 2.19. The van der Waals surface area contributed by atoms with Gasteiger partial charge in [-0.3, -0.25) is 0 Å². The van der Waals surface area contributed by atoms with E-state index in [1.54, 1.807) is 12.8 Å². The van der Waals surface area contributed by atoms with Crippen molar-refractivity contribution in [2.24, 2.45) is 0 Å². The van der Waals surface area contributed by atoms with Crippen LogP contribution in [-0.2, 0) is 0 Å². The summed E-state index contributed by atoms with van der Waals surface area (Å²) in [5.74, 6) is 0. The summed E-state index contributed by atoms with van der Waals surface area (Å²) >= 11 is 0. The minimum absolute atomic E-state index is 1.10. The molecule has 0 nitrogen and oxygen atoms in total. The van der Waals surface area contributed by atoms with Crippen molar-refractivity contribution in [3.8, 4) is 0 Å². The van der Waals surface area contributed by atoms with Crippen molar-refractivity contribution in [1.82, 2.24) is 0 Å². The lowest BCUT2D eigenvalue weighted by Gasteiger charge is -2.16. The van der Waals surface area contributed by atoms with Gasteiger partial charge in [0.1, 0.15) is 0 Å². The zero-order valence-electron chi connectivity index (χ0n) is 10.6. The van der Waals surface area contributed by atoms with Crippen molar-refractivity contribution in [2.45, 2.75) is 83.2 Å². The summed E-state index contributed by atoms with van der Waals surface area (Å²) in [7, 11) is 1.27. The van der Waals surface area contributed by atoms with E-state index in [1.807, 2.05) is 0 Å². The highest BCUT2D eigenvalue weighted by molar-refractivity contribution is 7.38. The molecule has 1 aliphatic rings. The second-order valence-corrected chi connectivity index (χ2v) is 6.78. The average molecular weight is 228 g/mol. The van der Waals surface area contributed by atoms with Gasteiger partial charge in [-0.15, -0.1) is 8.58 Å². The quantitative estimate of drug-likeness (QED) is 0.570. The molecule has 1 rings (SSSR count). The molecule has 1 unspecified atom stereocenters. The lowest BCUT2D eigenvalue weighted by Crippen LogP contribution is -2.01. The Morgan fingerprint density at radius 2 is 1.27 bits per heavy atom. The Hall–Kier alpha value is 0.430. The highest BCUT2D eigenvalue weighted by atomic mass is 31.1. The van der Waals surface area contributed by atoms with E-state index in [1.165, 1.54) is 72.5 Å². The molecule has 1 heteroatoms. The van der Waals surface area contributed by atoms with Gasteiger partial charge in [-0.05, 0) is 24.7 Å². The van der Waals surface area contributed by atoms with Gasteiger partial charge in [0.2, 0.25) is 0 Å². The molecule has 0 bridgehead atoms. The first-order valence-electron chi connectivity index (χ1n) is 7.17. The van der Waals surface area contributed by atoms with Crippen LogP contribution >= 0.6 is 8.58 Å². The molecule has 0 spiro atoms. The van der Waals surface area contributed by atoms with Gasteiger partial charge in [0.05, 0.1) is 0 Å². The molecule has 0 amide bonds. The van der Waals surface area contributed by atoms with E-state index >= 15 is 0 Å². The maximum Gasteiger partial charge on any atom is -0.0237 e. The van der Waals surface area contributed by atoms with Gasteiger partial charge in [-0.25, -0.2) is 0 Å². The molecule has 0 aromatic heterocycles. The van der Waals surface area contributed by atoms with Gasteiger partial charge in [0.15, 0.2) is 0 Å². The highest BCUT2D eigenvalue weighted by Crippen LogP contribution is 2.30. The summed E-state index contributed by atoms with van der Waals surface area (Å²) < 4.78 is 0. The predicted octanol–water partition coefficient (Wildman–Crippen LogP) is 5.36. The maximum atomic E-state index is 2.33. The van der Waals surface area contributed by atoms with Crippen LogP contribution in [0.15, 0.2) is 0 Å². The third-order valence-electron chi connectivity index (χ3n) is 3.54. The smallest absolute Gasteiger partial charge is 0.0237 e. The molecule has 0 radical (unpaired) electrons. The van der Waals surface area contributed by atoms with Gasteiger partial charge < -0.3 is 0 Å². The van der Waals surface area contributed by atoms with Crippen LogP contribution in [0.2, 0.25) is 0 Å². The molecule has 0 aromatic rings. The van der Waals surface area contributed by atoms with Gasteiger partial charge in [-0.1, -0.05) is 64.7 Å². The fourth-order valence-corrected chi connectivity index (χ4v) is 4.05. The predicted molar refractivity (Wildman–Crippen MR) is 73.4 cm³/mol. The van der Waals surface area contributed by atoms with Crippen LogP contribution in [0, 0.1) is 0 Å². The molecular weight excluding hydrogens is 199 g/mol. The lowest BCUT2D eigenvalue weighted by molar-refractivity contribution is 0.585. The van der Waals surface area contributed by atoms with Crippen molar-refractivity contribution in [2.75, 3.05) is 6.16 Å². The van der Waals surface area contributed by atoms with E-state index in [0.29, 0.717) is 0 Å². The number of rotatable bonds is 3. The Morgan fingerprint density at radius 1 is 0.800 bits per heavy atom. The van der Waals surface area contributed by atoms with Crippen LogP contribution in [0.4, 0.5) is 0 Å². The third kappa shape index (κ3) is 7.34. The molecule has 90 valence electrons. The summed E-state index contributed by atoms with van der Waals surface area (Å²) in [4.78, 5) is 0. The summed E-state index contributed by atoms with van der Waals surface area (Å²) in [6.07, 6.45) is 18.0. The zero-order chi connectivity index (χ0) is 10.8. The van der Waals surface area contributed by atoms with Crippen LogP contribution in [0.5, 0.6) is 0 Å². The molecular formula is C14H29P. The molecule has 1 atom stereocenters. The first-order valence-corrected chi connectivity index (χ1v) is 8.45. The molecule has 1 aliphatic carbocycles. The van der Waals surface area contributed by atoms with Gasteiger partial charge in [0, 0.05) is 0 Å². The maximum absolute atomic E-state index is 2.33. The Morgan fingerprint density at radius 3 is 1.73 bits per heavy atom. The van der Waals surface area contributed by atoms with Crippen LogP contribution in [0.1, 0.15) is 77.6 Å². The average Bonchev–Trinajstić information content (AvgIpc) is 2.31. The van der Waals surface area contributed by atoms with Crippen molar-refractivity contribution in [3.05, 3.63) is 0 Å². The largest absolute Gasteiger partial charge is 0.119 e. The van der Waals surface area contributed by atoms with E-state index in [0.717, 1.165) is 5.66 Å². The van der Waals surface area contributed by atoms with Crippen LogP contribution in [0.25, 0.3) is 0 Å². The van der Waals surface area contributed by atoms with E-state index in [9.17, 15) is 0 Å². The van der Waals surface area contributed by atoms with Gasteiger partial charge in [-0.2, -0.15) is 0 Å². The zero-order valence-corrected chi connectivity index (χ0v) is 11.6.